The van der Waals surface area contributed by atoms with Gasteiger partial charge in [0.1, 0.15) is 23.0 Å². The van der Waals surface area contributed by atoms with Crippen molar-refractivity contribution in [3.05, 3.63) is 69.9 Å². The minimum Gasteiger partial charge on any atom is -0.457 e. The molecule has 0 saturated carbocycles. The molecule has 0 amide bonds. The summed E-state index contributed by atoms with van der Waals surface area (Å²) in [7, 11) is 0. The van der Waals surface area contributed by atoms with Gasteiger partial charge in [-0.15, -0.1) is 0 Å². The summed E-state index contributed by atoms with van der Waals surface area (Å²) in [6.07, 6.45) is 2.74. The summed E-state index contributed by atoms with van der Waals surface area (Å²) in [5, 5.41) is 15.5. The first-order chi connectivity index (χ1) is 15.9. The van der Waals surface area contributed by atoms with Crippen LogP contribution in [0.4, 0.5) is 11.4 Å². The van der Waals surface area contributed by atoms with Gasteiger partial charge in [-0.2, -0.15) is 4.98 Å². The summed E-state index contributed by atoms with van der Waals surface area (Å²) in [6, 6.07) is 12.4. The lowest BCUT2D eigenvalue weighted by Crippen LogP contribution is -2.33. The highest BCUT2D eigenvalue weighted by Gasteiger charge is 2.28. The van der Waals surface area contributed by atoms with Gasteiger partial charge in [0, 0.05) is 37.6 Å². The van der Waals surface area contributed by atoms with Gasteiger partial charge >= 0.3 is 0 Å². The SMILES string of the molecule is CC(=O)CCc1ccc(Oc2ccc([N+](=O)[O-])c(N3CCC(c4nc(C)no4)CC3)c2)cc1. The topological polar surface area (TPSA) is 112 Å². The molecule has 9 nitrogen and oxygen atoms in total. The van der Waals surface area contributed by atoms with Crippen LogP contribution in [0.15, 0.2) is 47.0 Å². The molecule has 33 heavy (non-hydrogen) atoms. The van der Waals surface area contributed by atoms with E-state index in [1.54, 1.807) is 26.0 Å². The minimum atomic E-state index is -0.365. The Balaban J connectivity index is 1.47. The maximum absolute atomic E-state index is 11.7. The molecule has 0 spiro atoms. The van der Waals surface area contributed by atoms with Crippen molar-refractivity contribution in [1.29, 1.82) is 0 Å². The Hall–Kier alpha value is -3.75. The third-order valence-electron chi connectivity index (χ3n) is 5.80. The van der Waals surface area contributed by atoms with E-state index in [4.69, 9.17) is 9.26 Å². The van der Waals surface area contributed by atoms with Gasteiger partial charge in [0.15, 0.2) is 5.82 Å². The molecule has 0 aliphatic carbocycles. The summed E-state index contributed by atoms with van der Waals surface area (Å²) < 4.78 is 11.3. The highest BCUT2D eigenvalue weighted by Crippen LogP contribution is 2.37. The zero-order chi connectivity index (χ0) is 23.4. The third-order valence-corrected chi connectivity index (χ3v) is 5.80. The van der Waals surface area contributed by atoms with Crippen molar-refractivity contribution in [3.63, 3.8) is 0 Å². The van der Waals surface area contributed by atoms with E-state index in [0.717, 1.165) is 18.4 Å². The van der Waals surface area contributed by atoms with Crippen molar-refractivity contribution < 1.29 is 19.0 Å². The number of nitrogens with zero attached hydrogens (tertiary/aromatic N) is 4. The maximum Gasteiger partial charge on any atom is 0.292 e. The second-order valence-corrected chi connectivity index (χ2v) is 8.30. The number of carbonyl (C=O) groups excluding carboxylic acids is 1. The number of Topliss-reactive ketones (excluding diaryl/α,β-unsaturated/α-hetero) is 1. The Morgan fingerprint density at radius 3 is 2.48 bits per heavy atom. The number of piperidine rings is 1. The summed E-state index contributed by atoms with van der Waals surface area (Å²) >= 11 is 0. The Kier molecular flexibility index (Phi) is 6.67. The Morgan fingerprint density at radius 1 is 1.18 bits per heavy atom. The van der Waals surface area contributed by atoms with Gasteiger partial charge in [0.25, 0.3) is 5.69 Å². The first-order valence-electron chi connectivity index (χ1n) is 11.0. The van der Waals surface area contributed by atoms with Gasteiger partial charge < -0.3 is 19.0 Å². The van der Waals surface area contributed by atoms with Crippen molar-refractivity contribution in [3.8, 4) is 11.5 Å². The molecule has 4 rings (SSSR count). The smallest absolute Gasteiger partial charge is 0.292 e. The van der Waals surface area contributed by atoms with Crippen LogP contribution >= 0.6 is 0 Å². The summed E-state index contributed by atoms with van der Waals surface area (Å²) in [4.78, 5) is 28.8. The van der Waals surface area contributed by atoms with Crippen LogP contribution in [-0.4, -0.2) is 33.9 Å². The van der Waals surface area contributed by atoms with E-state index in [0.29, 0.717) is 54.8 Å². The van der Waals surface area contributed by atoms with Crippen molar-refractivity contribution in [2.45, 2.75) is 45.4 Å². The molecule has 1 aliphatic rings. The molecular weight excluding hydrogens is 424 g/mol. The quantitative estimate of drug-likeness (QED) is 0.349. The fourth-order valence-electron chi connectivity index (χ4n) is 4.00. The lowest BCUT2D eigenvalue weighted by molar-refractivity contribution is -0.384. The molecule has 172 valence electrons. The van der Waals surface area contributed by atoms with Crippen molar-refractivity contribution in [2.24, 2.45) is 0 Å². The molecule has 3 aromatic rings. The number of ether oxygens (including phenoxy) is 1. The average Bonchev–Trinajstić information content (AvgIpc) is 3.25. The van der Waals surface area contributed by atoms with Crippen LogP contribution in [0.5, 0.6) is 11.5 Å². The predicted octanol–water partition coefficient (Wildman–Crippen LogP) is 4.98. The molecule has 0 radical (unpaired) electrons. The van der Waals surface area contributed by atoms with Crippen molar-refractivity contribution in [1.82, 2.24) is 10.1 Å². The van der Waals surface area contributed by atoms with Gasteiger partial charge in [-0.1, -0.05) is 17.3 Å². The molecular formula is C24H26N4O5. The van der Waals surface area contributed by atoms with Crippen LogP contribution in [0.2, 0.25) is 0 Å². The Bertz CT molecular complexity index is 1130. The molecule has 9 heteroatoms. The largest absolute Gasteiger partial charge is 0.457 e. The molecule has 0 unspecified atom stereocenters. The number of hydrogen-bond donors (Lipinski definition) is 0. The molecule has 1 fully saturated rings. The zero-order valence-corrected chi connectivity index (χ0v) is 18.7. The first kappa shape index (κ1) is 22.4. The summed E-state index contributed by atoms with van der Waals surface area (Å²) in [5.74, 6) is 2.71. The van der Waals surface area contributed by atoms with Gasteiger partial charge in [0.05, 0.1) is 4.92 Å². The third kappa shape index (κ3) is 5.54. The van der Waals surface area contributed by atoms with E-state index >= 15 is 0 Å². The fourth-order valence-corrected chi connectivity index (χ4v) is 4.00. The molecule has 1 aromatic heterocycles. The van der Waals surface area contributed by atoms with E-state index < -0.39 is 0 Å². The molecule has 0 atom stereocenters. The standard InChI is InChI=1S/C24H26N4O5/c1-16(29)3-4-18-5-7-20(8-6-18)32-21-9-10-22(28(30)31)23(15-21)27-13-11-19(12-14-27)24-25-17(2)26-33-24/h5-10,15,19H,3-4,11-14H2,1-2H3. The van der Waals surface area contributed by atoms with Crippen LogP contribution in [-0.2, 0) is 11.2 Å². The Labute approximate surface area is 191 Å². The van der Waals surface area contributed by atoms with E-state index in [1.807, 2.05) is 29.2 Å². The fraction of sp³-hybridized carbons (Fsp3) is 0.375. The van der Waals surface area contributed by atoms with Crippen LogP contribution in [0.25, 0.3) is 0 Å². The van der Waals surface area contributed by atoms with Crippen LogP contribution < -0.4 is 9.64 Å². The predicted molar refractivity (Wildman–Crippen MR) is 122 cm³/mol. The number of benzene rings is 2. The molecule has 0 N–H and O–H groups in total. The number of aromatic nitrogens is 2. The van der Waals surface area contributed by atoms with Gasteiger partial charge in [-0.25, -0.2) is 0 Å². The van der Waals surface area contributed by atoms with E-state index in [-0.39, 0.29) is 22.3 Å². The number of nitro benzene ring substituents is 1. The van der Waals surface area contributed by atoms with Gasteiger partial charge in [0.2, 0.25) is 5.89 Å². The number of ketones is 1. The first-order valence-corrected chi connectivity index (χ1v) is 11.0. The Morgan fingerprint density at radius 2 is 1.88 bits per heavy atom. The minimum absolute atomic E-state index is 0.0500. The van der Waals surface area contributed by atoms with E-state index in [1.165, 1.54) is 6.07 Å². The summed E-state index contributed by atoms with van der Waals surface area (Å²) in [6.45, 7) is 4.65. The highest BCUT2D eigenvalue weighted by molar-refractivity contribution is 5.75. The van der Waals surface area contributed by atoms with Crippen molar-refractivity contribution in [2.75, 3.05) is 18.0 Å². The summed E-state index contributed by atoms with van der Waals surface area (Å²) in [5.41, 5.74) is 1.64. The highest BCUT2D eigenvalue weighted by atomic mass is 16.6. The molecule has 1 saturated heterocycles. The number of carbonyl (C=O) groups is 1. The molecule has 0 bridgehead atoms. The average molecular weight is 450 g/mol. The number of aryl methyl sites for hydroxylation is 2. The lowest BCUT2D eigenvalue weighted by atomic mass is 9.96. The van der Waals surface area contributed by atoms with Gasteiger partial charge in [-0.05, 0) is 56.9 Å². The second-order valence-electron chi connectivity index (χ2n) is 8.30. The van der Waals surface area contributed by atoms with Crippen molar-refractivity contribution >= 4 is 17.2 Å². The molecule has 2 heterocycles. The van der Waals surface area contributed by atoms with Crippen LogP contribution in [0.3, 0.4) is 0 Å². The molecule has 1 aliphatic heterocycles. The van der Waals surface area contributed by atoms with E-state index in [9.17, 15) is 14.9 Å². The lowest BCUT2D eigenvalue weighted by Gasteiger charge is -2.32. The maximum atomic E-state index is 11.7. The number of rotatable bonds is 8. The number of anilines is 1. The van der Waals surface area contributed by atoms with Crippen LogP contribution in [0, 0.1) is 17.0 Å². The second kappa shape index (κ2) is 9.81. The van der Waals surface area contributed by atoms with Crippen LogP contribution in [0.1, 0.15) is 49.4 Å². The monoisotopic (exact) mass is 450 g/mol. The zero-order valence-electron chi connectivity index (χ0n) is 18.7. The van der Waals surface area contributed by atoms with E-state index in [2.05, 4.69) is 10.1 Å². The normalized spacial score (nSPS) is 14.3. The van der Waals surface area contributed by atoms with Gasteiger partial charge in [-0.3, -0.25) is 10.1 Å². The number of hydrogen-bond acceptors (Lipinski definition) is 8. The molecule has 2 aromatic carbocycles. The number of nitro groups is 1.